The van der Waals surface area contributed by atoms with Crippen molar-refractivity contribution in [1.29, 1.82) is 0 Å². The SMILES string of the molecule is Cc1ccc(-c2csc(NC(=O)C3CC(=O)Nc4cc(F)ccc43)n2)c(C)c1. The Kier molecular flexibility index (Phi) is 4.68. The van der Waals surface area contributed by atoms with E-state index < -0.39 is 11.7 Å². The molecule has 1 atom stereocenters. The number of carbonyl (C=O) groups is 2. The molecule has 142 valence electrons. The molecule has 2 heterocycles. The second-order valence-electron chi connectivity index (χ2n) is 6.88. The lowest BCUT2D eigenvalue weighted by Crippen LogP contribution is -2.30. The topological polar surface area (TPSA) is 71.1 Å². The van der Waals surface area contributed by atoms with Crippen molar-refractivity contribution in [1.82, 2.24) is 4.98 Å². The van der Waals surface area contributed by atoms with Crippen LogP contribution in [0, 0.1) is 19.7 Å². The van der Waals surface area contributed by atoms with Crippen LogP contribution in [-0.4, -0.2) is 16.8 Å². The van der Waals surface area contributed by atoms with E-state index in [-0.39, 0.29) is 18.2 Å². The van der Waals surface area contributed by atoms with Crippen molar-refractivity contribution in [2.24, 2.45) is 0 Å². The van der Waals surface area contributed by atoms with E-state index in [1.54, 1.807) is 0 Å². The van der Waals surface area contributed by atoms with Gasteiger partial charge in [0.1, 0.15) is 5.82 Å². The van der Waals surface area contributed by atoms with Crippen LogP contribution in [0.4, 0.5) is 15.2 Å². The first-order valence-corrected chi connectivity index (χ1v) is 9.72. The second kappa shape index (κ2) is 7.16. The maximum atomic E-state index is 13.5. The van der Waals surface area contributed by atoms with E-state index in [4.69, 9.17) is 0 Å². The zero-order valence-electron chi connectivity index (χ0n) is 15.4. The van der Waals surface area contributed by atoms with E-state index in [0.29, 0.717) is 16.4 Å². The van der Waals surface area contributed by atoms with E-state index in [9.17, 15) is 14.0 Å². The molecular weight excluding hydrogens is 377 g/mol. The zero-order valence-corrected chi connectivity index (χ0v) is 16.2. The summed E-state index contributed by atoms with van der Waals surface area (Å²) in [6, 6.07) is 10.2. The number of aromatic nitrogens is 1. The van der Waals surface area contributed by atoms with Gasteiger partial charge in [0.05, 0.1) is 11.6 Å². The number of aryl methyl sites for hydroxylation is 2. The molecular formula is C21H18FN3O2S. The molecule has 0 fully saturated rings. The van der Waals surface area contributed by atoms with Crippen LogP contribution < -0.4 is 10.6 Å². The summed E-state index contributed by atoms with van der Waals surface area (Å²) in [5.41, 5.74) is 5.04. The molecule has 2 aromatic carbocycles. The van der Waals surface area contributed by atoms with Crippen molar-refractivity contribution in [2.45, 2.75) is 26.2 Å². The third-order valence-corrected chi connectivity index (χ3v) is 5.52. The Hall–Kier alpha value is -3.06. The third kappa shape index (κ3) is 3.53. The van der Waals surface area contributed by atoms with Gasteiger partial charge in [0.25, 0.3) is 0 Å². The van der Waals surface area contributed by atoms with Gasteiger partial charge in [0.15, 0.2) is 5.13 Å². The zero-order chi connectivity index (χ0) is 19.8. The summed E-state index contributed by atoms with van der Waals surface area (Å²) in [6.45, 7) is 4.06. The van der Waals surface area contributed by atoms with Gasteiger partial charge in [0.2, 0.25) is 11.8 Å². The van der Waals surface area contributed by atoms with Crippen molar-refractivity contribution in [3.63, 3.8) is 0 Å². The van der Waals surface area contributed by atoms with Crippen molar-refractivity contribution in [2.75, 3.05) is 10.6 Å². The number of fused-ring (bicyclic) bond motifs is 1. The molecule has 1 aromatic heterocycles. The van der Waals surface area contributed by atoms with Crippen LogP contribution >= 0.6 is 11.3 Å². The highest BCUT2D eigenvalue weighted by Crippen LogP contribution is 2.34. The Morgan fingerprint density at radius 1 is 1.25 bits per heavy atom. The Labute approximate surface area is 165 Å². The fourth-order valence-corrected chi connectivity index (χ4v) is 4.13. The van der Waals surface area contributed by atoms with Gasteiger partial charge in [-0.15, -0.1) is 11.3 Å². The average Bonchev–Trinajstić information content (AvgIpc) is 3.08. The smallest absolute Gasteiger partial charge is 0.234 e. The minimum atomic E-state index is -0.683. The average molecular weight is 395 g/mol. The predicted molar refractivity (Wildman–Crippen MR) is 108 cm³/mol. The quantitative estimate of drug-likeness (QED) is 0.679. The van der Waals surface area contributed by atoms with E-state index >= 15 is 0 Å². The summed E-state index contributed by atoms with van der Waals surface area (Å²) < 4.78 is 13.5. The molecule has 7 heteroatoms. The second-order valence-corrected chi connectivity index (χ2v) is 7.74. The number of thiazole rings is 1. The fraction of sp³-hybridized carbons (Fsp3) is 0.190. The highest BCUT2D eigenvalue weighted by Gasteiger charge is 2.31. The van der Waals surface area contributed by atoms with E-state index in [1.165, 1.54) is 35.1 Å². The summed E-state index contributed by atoms with van der Waals surface area (Å²) in [5, 5.41) is 7.78. The molecule has 0 saturated heterocycles. The van der Waals surface area contributed by atoms with Crippen LogP contribution in [0.3, 0.4) is 0 Å². The van der Waals surface area contributed by atoms with Gasteiger partial charge in [-0.05, 0) is 37.1 Å². The lowest BCUT2D eigenvalue weighted by atomic mass is 9.90. The minimum absolute atomic E-state index is 0.0137. The number of amides is 2. The summed E-state index contributed by atoms with van der Waals surface area (Å²) in [6.07, 6.45) is 0.0137. The highest BCUT2D eigenvalue weighted by atomic mass is 32.1. The molecule has 5 nitrogen and oxygen atoms in total. The van der Waals surface area contributed by atoms with Gasteiger partial charge in [0, 0.05) is 23.1 Å². The van der Waals surface area contributed by atoms with Gasteiger partial charge in [-0.2, -0.15) is 0 Å². The summed E-state index contributed by atoms with van der Waals surface area (Å²) in [5.74, 6) is -1.78. The number of rotatable bonds is 3. The van der Waals surface area contributed by atoms with Gasteiger partial charge < -0.3 is 10.6 Å². The van der Waals surface area contributed by atoms with Crippen LogP contribution in [-0.2, 0) is 9.59 Å². The van der Waals surface area contributed by atoms with Gasteiger partial charge in [-0.25, -0.2) is 9.37 Å². The lowest BCUT2D eigenvalue weighted by Gasteiger charge is -2.24. The first kappa shape index (κ1) is 18.3. The number of hydrogen-bond donors (Lipinski definition) is 2. The maximum Gasteiger partial charge on any atom is 0.234 e. The molecule has 4 rings (SSSR count). The Balaban J connectivity index is 1.57. The molecule has 2 amide bonds. The Morgan fingerprint density at radius 2 is 2.07 bits per heavy atom. The molecule has 1 aliphatic rings. The highest BCUT2D eigenvalue weighted by molar-refractivity contribution is 7.14. The van der Waals surface area contributed by atoms with Crippen molar-refractivity contribution >= 4 is 34.0 Å². The van der Waals surface area contributed by atoms with Crippen molar-refractivity contribution < 1.29 is 14.0 Å². The molecule has 0 aliphatic carbocycles. The molecule has 1 aliphatic heterocycles. The minimum Gasteiger partial charge on any atom is -0.326 e. The van der Waals surface area contributed by atoms with Gasteiger partial charge in [-0.1, -0.05) is 29.8 Å². The van der Waals surface area contributed by atoms with Crippen molar-refractivity contribution in [3.8, 4) is 11.3 Å². The largest absolute Gasteiger partial charge is 0.326 e. The predicted octanol–water partition coefficient (Wildman–Crippen LogP) is 4.63. The normalized spacial score (nSPS) is 15.7. The third-order valence-electron chi connectivity index (χ3n) is 4.76. The molecule has 0 saturated carbocycles. The lowest BCUT2D eigenvalue weighted by molar-refractivity contribution is -0.123. The number of hydrogen-bond acceptors (Lipinski definition) is 4. The van der Waals surface area contributed by atoms with Gasteiger partial charge >= 0.3 is 0 Å². The molecule has 1 unspecified atom stereocenters. The van der Waals surface area contributed by atoms with Crippen LogP contribution in [0.2, 0.25) is 0 Å². The number of halogens is 1. The first-order valence-electron chi connectivity index (χ1n) is 8.84. The number of anilines is 2. The number of nitrogens with one attached hydrogen (secondary N) is 2. The first-order chi connectivity index (χ1) is 13.4. The van der Waals surface area contributed by atoms with Crippen LogP contribution in [0.5, 0.6) is 0 Å². The molecule has 2 N–H and O–H groups in total. The monoisotopic (exact) mass is 395 g/mol. The number of benzene rings is 2. The van der Waals surface area contributed by atoms with Crippen molar-refractivity contribution in [3.05, 3.63) is 64.3 Å². The standard InChI is InChI=1S/C21H18FN3O2S/c1-11-3-5-14(12(2)7-11)18-10-28-21(24-18)25-20(27)16-9-19(26)23-17-8-13(22)4-6-15(16)17/h3-8,10,16H,9H2,1-2H3,(H,23,26)(H,24,25,27). The Morgan fingerprint density at radius 3 is 2.86 bits per heavy atom. The van der Waals surface area contributed by atoms with E-state index in [0.717, 1.165) is 16.8 Å². The van der Waals surface area contributed by atoms with Crippen LogP contribution in [0.1, 0.15) is 29.0 Å². The van der Waals surface area contributed by atoms with E-state index in [2.05, 4.69) is 21.7 Å². The summed E-state index contributed by atoms with van der Waals surface area (Å²) >= 11 is 1.33. The molecule has 0 radical (unpaired) electrons. The molecule has 0 bridgehead atoms. The molecule has 28 heavy (non-hydrogen) atoms. The maximum absolute atomic E-state index is 13.5. The van der Waals surface area contributed by atoms with Gasteiger partial charge in [-0.3, -0.25) is 9.59 Å². The Bertz CT molecular complexity index is 1090. The molecule has 0 spiro atoms. The fourth-order valence-electron chi connectivity index (χ4n) is 3.42. The van der Waals surface area contributed by atoms with Crippen LogP contribution in [0.25, 0.3) is 11.3 Å². The number of nitrogens with zero attached hydrogens (tertiary/aromatic N) is 1. The van der Waals surface area contributed by atoms with Crippen LogP contribution in [0.15, 0.2) is 41.8 Å². The number of carbonyl (C=O) groups excluding carboxylic acids is 2. The van der Waals surface area contributed by atoms with E-state index in [1.807, 2.05) is 31.4 Å². The summed E-state index contributed by atoms with van der Waals surface area (Å²) in [7, 11) is 0. The molecule has 3 aromatic rings. The summed E-state index contributed by atoms with van der Waals surface area (Å²) in [4.78, 5) is 29.3.